The number of carboxylic acids is 1. The van der Waals surface area contributed by atoms with Gasteiger partial charge in [0.15, 0.2) is 0 Å². The van der Waals surface area contributed by atoms with Crippen LogP contribution in [-0.2, 0) is 9.59 Å². The van der Waals surface area contributed by atoms with Crippen molar-refractivity contribution in [3.63, 3.8) is 0 Å². The van der Waals surface area contributed by atoms with E-state index in [1.165, 1.54) is 11.1 Å². The number of aliphatic carboxylic acids is 1. The van der Waals surface area contributed by atoms with E-state index in [-0.39, 0.29) is 6.42 Å². The molecule has 2 rings (SSSR count). The minimum atomic E-state index is -1.30. The largest absolute Gasteiger partial charge is 0.476 e. The van der Waals surface area contributed by atoms with Crippen LogP contribution in [0.1, 0.15) is 39.0 Å². The maximum atomic E-state index is 10.5. The maximum Gasteiger partial charge on any atom is 0.372 e. The lowest BCUT2D eigenvalue weighted by Gasteiger charge is -2.00. The van der Waals surface area contributed by atoms with Crippen LogP contribution < -0.4 is 0 Å². The Hall–Kier alpha value is -2.13. The van der Waals surface area contributed by atoms with Gasteiger partial charge in [0.1, 0.15) is 0 Å². The monoisotopic (exact) mass is 346 g/mol. The Bertz CT molecular complexity index is 621. The zero-order chi connectivity index (χ0) is 17.8. The molecular weight excluding hydrogens is 324 g/mol. The average molecular weight is 347 g/mol. The molecule has 0 saturated heterocycles. The number of benzene rings is 2. The molecule has 128 valence electrons. The number of hydrogen-bond acceptors (Lipinski definition) is 2. The smallest absolute Gasteiger partial charge is 0.372 e. The van der Waals surface area contributed by atoms with E-state index in [9.17, 15) is 9.59 Å². The summed E-state index contributed by atoms with van der Waals surface area (Å²) in [4.78, 5) is 20.5. The lowest BCUT2D eigenvalue weighted by molar-refractivity contribution is -0.149. The molecule has 0 amide bonds. The van der Waals surface area contributed by atoms with Crippen molar-refractivity contribution in [2.75, 3.05) is 0 Å². The zero-order valence-corrected chi connectivity index (χ0v) is 14.6. The van der Waals surface area contributed by atoms with Crippen LogP contribution >= 0.6 is 11.6 Å². The molecule has 0 aliphatic rings. The van der Waals surface area contributed by atoms with E-state index >= 15 is 0 Å². The topological polar surface area (TPSA) is 54.4 Å². The number of carbonyl (C=O) groups excluding carboxylic acids is 1. The quantitative estimate of drug-likeness (QED) is 0.523. The molecule has 0 bridgehead atoms. The molecule has 0 aromatic heterocycles. The molecule has 0 spiro atoms. The first-order valence-corrected chi connectivity index (χ1v) is 8.49. The molecule has 4 heteroatoms. The number of carboxylic acid groups (broad SMARTS) is 1. The molecule has 2 aromatic carbocycles. The Morgan fingerprint density at radius 3 is 2.00 bits per heavy atom. The van der Waals surface area contributed by atoms with E-state index in [1.54, 1.807) is 0 Å². The predicted molar refractivity (Wildman–Crippen MR) is 98.3 cm³/mol. The highest BCUT2D eigenvalue weighted by molar-refractivity contribution is 6.32. The third kappa shape index (κ3) is 7.93. The average Bonchev–Trinajstić information content (AvgIpc) is 2.60. The van der Waals surface area contributed by atoms with Gasteiger partial charge in [-0.3, -0.25) is 4.79 Å². The van der Waals surface area contributed by atoms with Crippen LogP contribution in [-0.4, -0.2) is 16.9 Å². The molecular formula is C20H23ClO3. The third-order valence-corrected chi connectivity index (χ3v) is 3.70. The summed E-state index contributed by atoms with van der Waals surface area (Å²) >= 11 is 5.80. The van der Waals surface area contributed by atoms with Gasteiger partial charge in [0.25, 0.3) is 0 Å². The van der Waals surface area contributed by atoms with Crippen molar-refractivity contribution in [3.8, 4) is 11.1 Å². The fourth-order valence-electron chi connectivity index (χ4n) is 2.09. The highest BCUT2D eigenvalue weighted by Gasteiger charge is 2.09. The Morgan fingerprint density at radius 2 is 1.46 bits per heavy atom. The molecule has 0 atom stereocenters. The van der Waals surface area contributed by atoms with Gasteiger partial charge < -0.3 is 5.11 Å². The first-order chi connectivity index (χ1) is 11.5. The summed E-state index contributed by atoms with van der Waals surface area (Å²) in [7, 11) is 0. The molecule has 0 saturated carbocycles. The molecule has 0 unspecified atom stereocenters. The Labute approximate surface area is 148 Å². The Balaban J connectivity index is 0.000000245. The van der Waals surface area contributed by atoms with Crippen molar-refractivity contribution in [1.29, 1.82) is 0 Å². The second-order valence-corrected chi connectivity index (χ2v) is 5.85. The van der Waals surface area contributed by atoms with Crippen LogP contribution in [0.2, 0.25) is 5.02 Å². The summed E-state index contributed by atoms with van der Waals surface area (Å²) in [6.45, 7) is 2.07. The first-order valence-electron chi connectivity index (χ1n) is 8.11. The van der Waals surface area contributed by atoms with Gasteiger partial charge in [-0.1, -0.05) is 80.3 Å². The van der Waals surface area contributed by atoms with E-state index in [0.29, 0.717) is 6.42 Å². The number of halogens is 1. The van der Waals surface area contributed by atoms with Crippen LogP contribution in [0.3, 0.4) is 0 Å². The van der Waals surface area contributed by atoms with Crippen LogP contribution in [0.5, 0.6) is 0 Å². The van der Waals surface area contributed by atoms with Gasteiger partial charge in [-0.05, 0) is 29.7 Å². The molecule has 24 heavy (non-hydrogen) atoms. The lowest BCUT2D eigenvalue weighted by atomic mass is 10.1. The predicted octanol–water partition coefficient (Wildman–Crippen LogP) is 5.62. The fourth-order valence-corrected chi connectivity index (χ4v) is 2.22. The van der Waals surface area contributed by atoms with E-state index in [4.69, 9.17) is 16.7 Å². The minimum absolute atomic E-state index is 0.190. The number of ketones is 1. The second kappa shape index (κ2) is 11.4. The number of carbonyl (C=O) groups is 2. The summed E-state index contributed by atoms with van der Waals surface area (Å²) in [6, 6.07) is 18.1. The van der Waals surface area contributed by atoms with Crippen LogP contribution in [0.15, 0.2) is 54.6 Å². The van der Waals surface area contributed by atoms with E-state index in [0.717, 1.165) is 24.3 Å². The Morgan fingerprint density at radius 1 is 0.875 bits per heavy atom. The molecule has 0 aliphatic carbocycles. The number of Topliss-reactive ketones (excluding diaryl/α,β-unsaturated/α-hetero) is 1. The van der Waals surface area contributed by atoms with Crippen LogP contribution in [0.4, 0.5) is 0 Å². The van der Waals surface area contributed by atoms with Gasteiger partial charge in [0.2, 0.25) is 5.78 Å². The van der Waals surface area contributed by atoms with E-state index < -0.39 is 11.8 Å². The minimum Gasteiger partial charge on any atom is -0.476 e. The summed E-state index contributed by atoms with van der Waals surface area (Å²) in [6.07, 6.45) is 4.03. The zero-order valence-electron chi connectivity index (χ0n) is 13.9. The van der Waals surface area contributed by atoms with Crippen molar-refractivity contribution in [3.05, 3.63) is 59.6 Å². The standard InChI is InChI=1S/C12H9Cl.C8H14O3/c13-12-8-6-11(7-9-12)10-4-2-1-3-5-10;1-2-3-4-5-6-7(9)8(10)11/h1-9H;2-6H2,1H3,(H,10,11). The number of unbranched alkanes of at least 4 members (excludes halogenated alkanes) is 3. The molecule has 1 N–H and O–H groups in total. The van der Waals surface area contributed by atoms with Crippen LogP contribution in [0.25, 0.3) is 11.1 Å². The third-order valence-electron chi connectivity index (χ3n) is 3.45. The summed E-state index contributed by atoms with van der Waals surface area (Å²) in [5, 5.41) is 8.97. The first kappa shape index (κ1) is 19.9. The lowest BCUT2D eigenvalue weighted by Crippen LogP contribution is -2.11. The summed E-state index contributed by atoms with van der Waals surface area (Å²) in [5.74, 6) is -1.97. The van der Waals surface area contributed by atoms with Gasteiger partial charge in [-0.2, -0.15) is 0 Å². The van der Waals surface area contributed by atoms with Crippen molar-refractivity contribution in [1.82, 2.24) is 0 Å². The molecule has 0 fully saturated rings. The molecule has 2 aromatic rings. The van der Waals surface area contributed by atoms with Gasteiger partial charge in [0, 0.05) is 11.4 Å². The summed E-state index contributed by atoms with van der Waals surface area (Å²) < 4.78 is 0. The molecule has 3 nitrogen and oxygen atoms in total. The van der Waals surface area contributed by atoms with Gasteiger partial charge >= 0.3 is 5.97 Å². The van der Waals surface area contributed by atoms with Gasteiger partial charge in [-0.15, -0.1) is 0 Å². The number of hydrogen-bond donors (Lipinski definition) is 1. The van der Waals surface area contributed by atoms with E-state index in [1.807, 2.05) is 42.5 Å². The highest BCUT2D eigenvalue weighted by Crippen LogP contribution is 2.20. The second-order valence-electron chi connectivity index (χ2n) is 5.41. The summed E-state index contributed by atoms with van der Waals surface area (Å²) in [5.41, 5.74) is 2.42. The van der Waals surface area contributed by atoms with Crippen LogP contribution in [0, 0.1) is 0 Å². The maximum absolute atomic E-state index is 10.5. The van der Waals surface area contributed by atoms with Crippen molar-refractivity contribution in [2.24, 2.45) is 0 Å². The van der Waals surface area contributed by atoms with Crippen molar-refractivity contribution >= 4 is 23.4 Å². The fraction of sp³-hybridized carbons (Fsp3) is 0.300. The normalized spacial score (nSPS) is 9.75. The Kier molecular flexibility index (Phi) is 9.47. The van der Waals surface area contributed by atoms with Crippen molar-refractivity contribution < 1.29 is 14.7 Å². The van der Waals surface area contributed by atoms with E-state index in [2.05, 4.69) is 19.1 Å². The molecule has 0 heterocycles. The number of rotatable bonds is 7. The van der Waals surface area contributed by atoms with Crippen molar-refractivity contribution in [2.45, 2.75) is 39.0 Å². The molecule has 0 aliphatic heterocycles. The van der Waals surface area contributed by atoms with Gasteiger partial charge in [-0.25, -0.2) is 4.79 Å². The van der Waals surface area contributed by atoms with Gasteiger partial charge in [0.05, 0.1) is 0 Å². The SMILES string of the molecule is CCCCCCC(=O)C(=O)O.Clc1ccc(-c2ccccc2)cc1. The highest BCUT2D eigenvalue weighted by atomic mass is 35.5. The molecule has 0 radical (unpaired) electrons.